The zero-order valence-corrected chi connectivity index (χ0v) is 35.6. The van der Waals surface area contributed by atoms with Crippen LogP contribution in [0.15, 0.2) is 171 Å². The molecule has 0 saturated carbocycles. The number of hydrogen-bond donors (Lipinski definition) is 7. The Morgan fingerprint density at radius 2 is 1.11 bits per heavy atom. The number of H-pyrrole nitrogens is 2. The van der Waals surface area contributed by atoms with E-state index in [-0.39, 0.29) is 52.4 Å². The second kappa shape index (κ2) is 18.7. The Bertz CT molecular complexity index is 3410. The smallest absolute Gasteiger partial charge is 0.343 e. The Kier molecular flexibility index (Phi) is 12.5. The van der Waals surface area contributed by atoms with E-state index in [1.807, 2.05) is 0 Å². The van der Waals surface area contributed by atoms with Crippen LogP contribution in [0.2, 0.25) is 0 Å². The minimum absolute atomic E-state index is 0.0469. The summed E-state index contributed by atoms with van der Waals surface area (Å²) in [6, 6.07) is 32.3. The number of nitrogens with zero attached hydrogens (tertiary/aromatic N) is 2. The molecule has 0 aliphatic heterocycles. The number of aliphatic hydroxyl groups is 1. The number of benzene rings is 4. The van der Waals surface area contributed by atoms with E-state index in [1.165, 1.54) is 36.6 Å². The first kappa shape index (κ1) is 43.5. The van der Waals surface area contributed by atoms with Gasteiger partial charge in [-0.1, -0.05) is 48.5 Å². The van der Waals surface area contributed by atoms with E-state index in [2.05, 4.69) is 40.0 Å². The number of carbonyl (C=O) groups excluding carboxylic acids is 2. The van der Waals surface area contributed by atoms with Crippen molar-refractivity contribution in [2.75, 3.05) is 9.44 Å². The largest absolute Gasteiger partial charge is 0.431 e. The molecule has 5 aromatic heterocycles. The number of nitrogens with one attached hydrogen (secondary N) is 6. The van der Waals surface area contributed by atoms with Gasteiger partial charge in [0.2, 0.25) is 0 Å². The first-order valence-electron chi connectivity index (χ1n) is 19.7. The van der Waals surface area contributed by atoms with Crippen LogP contribution < -0.4 is 25.7 Å². The van der Waals surface area contributed by atoms with Crippen LogP contribution in [0.25, 0.3) is 32.6 Å². The van der Waals surface area contributed by atoms with Crippen molar-refractivity contribution in [3.8, 4) is 0 Å². The summed E-state index contributed by atoms with van der Waals surface area (Å²) in [6.07, 6.45) is 7.85. The number of pyridine rings is 2. The summed E-state index contributed by atoms with van der Waals surface area (Å²) in [6.45, 7) is 0.192. The summed E-state index contributed by atoms with van der Waals surface area (Å²) in [4.78, 5) is 51.0. The average molecular weight is 911 g/mol. The molecule has 17 nitrogen and oxygen atoms in total. The van der Waals surface area contributed by atoms with Crippen molar-refractivity contribution in [1.82, 2.24) is 30.6 Å². The minimum atomic E-state index is -3.90. The molecule has 4 aromatic carbocycles. The van der Waals surface area contributed by atoms with Crippen LogP contribution in [0.4, 0.5) is 11.4 Å². The van der Waals surface area contributed by atoms with E-state index >= 15 is 0 Å². The maximum atomic E-state index is 12.9. The molecule has 19 heteroatoms. The van der Waals surface area contributed by atoms with Gasteiger partial charge in [0.05, 0.1) is 39.4 Å². The molecule has 5 heterocycles. The van der Waals surface area contributed by atoms with Gasteiger partial charge in [-0.25, -0.2) is 21.6 Å². The molecule has 65 heavy (non-hydrogen) atoms. The van der Waals surface area contributed by atoms with Gasteiger partial charge in [-0.05, 0) is 83.9 Å². The predicted octanol–water partition coefficient (Wildman–Crippen LogP) is 6.19. The lowest BCUT2D eigenvalue weighted by atomic mass is 10.1. The number of amides is 2. The van der Waals surface area contributed by atoms with E-state index in [9.17, 15) is 36.3 Å². The molecular weight excluding hydrogens is 873 g/mol. The third-order valence-electron chi connectivity index (χ3n) is 10.1. The standard InChI is InChI=1S/C24H18N4O5S.C22H20N4O4S/c29-23(22-12-16-14-25-10-8-20(16)27-22)26-13-15-4-6-17(7-5-15)34(31,32)28-21-3-1-2-19-18(21)9-11-33-24(19)30;27-14-16-3-1-2-4-20(16)26-31(29,30)18-7-5-15(6-8-18)12-24-22(28)21-11-17-13-23-10-9-19(17)25-21/h1-12,14,27-28H,13H2,(H,26,29);1-11,13,25-27H,12,14H2,(H,24,28). The summed E-state index contributed by atoms with van der Waals surface area (Å²) in [7, 11) is -7.72. The van der Waals surface area contributed by atoms with Crippen LogP contribution in [-0.2, 0) is 39.7 Å². The second-order valence-corrected chi connectivity index (χ2v) is 17.8. The Labute approximate surface area is 370 Å². The fraction of sp³-hybridized carbons (Fsp3) is 0.0652. The molecule has 0 unspecified atom stereocenters. The number of carbonyl (C=O) groups is 2. The van der Waals surface area contributed by atoms with E-state index < -0.39 is 25.7 Å². The normalized spacial score (nSPS) is 11.5. The zero-order valence-electron chi connectivity index (χ0n) is 34.0. The number of sulfonamides is 2. The maximum absolute atomic E-state index is 12.9. The number of aliphatic hydroxyl groups excluding tert-OH is 1. The first-order chi connectivity index (χ1) is 31.4. The number of aromatic nitrogens is 4. The molecule has 2 amide bonds. The fourth-order valence-electron chi connectivity index (χ4n) is 6.72. The predicted molar refractivity (Wildman–Crippen MR) is 244 cm³/mol. The number of hydrogen-bond acceptors (Lipinski definition) is 11. The molecule has 0 saturated heterocycles. The second-order valence-electron chi connectivity index (χ2n) is 14.4. The third-order valence-corrected chi connectivity index (χ3v) is 12.9. The van der Waals surface area contributed by atoms with Crippen molar-refractivity contribution < 1.29 is 35.9 Å². The Morgan fingerprint density at radius 3 is 1.63 bits per heavy atom. The van der Waals surface area contributed by atoms with Crippen molar-refractivity contribution in [1.29, 1.82) is 0 Å². The highest BCUT2D eigenvalue weighted by Gasteiger charge is 2.18. The molecule has 0 atom stereocenters. The van der Waals surface area contributed by atoms with Crippen molar-refractivity contribution in [3.63, 3.8) is 0 Å². The molecule has 0 spiro atoms. The fourth-order valence-corrected chi connectivity index (χ4v) is 8.90. The van der Waals surface area contributed by atoms with E-state index in [1.54, 1.807) is 116 Å². The van der Waals surface area contributed by atoms with Crippen LogP contribution >= 0.6 is 0 Å². The third kappa shape index (κ3) is 10.1. The summed E-state index contributed by atoms with van der Waals surface area (Å²) >= 11 is 0. The SMILES string of the molecule is O=C(NCc1ccc(S(=O)(=O)Nc2cccc3c(=O)occc23)cc1)c1cc2cnccc2[nH]1.O=C(NCc1ccc(S(=O)(=O)Nc2ccccc2CO)cc1)c1cc2cnccc2[nH]1. The highest BCUT2D eigenvalue weighted by molar-refractivity contribution is 7.93. The molecule has 328 valence electrons. The lowest BCUT2D eigenvalue weighted by Crippen LogP contribution is -2.23. The van der Waals surface area contributed by atoms with Crippen LogP contribution in [-0.4, -0.2) is 53.7 Å². The Balaban J connectivity index is 0.000000178. The summed E-state index contributed by atoms with van der Waals surface area (Å²) in [5.74, 6) is -0.551. The number of rotatable bonds is 13. The van der Waals surface area contributed by atoms with E-state index in [4.69, 9.17) is 4.42 Å². The highest BCUT2D eigenvalue weighted by atomic mass is 32.2. The molecule has 9 aromatic rings. The molecule has 9 rings (SSSR count). The Morgan fingerprint density at radius 1 is 0.600 bits per heavy atom. The van der Waals surface area contributed by atoms with Crippen molar-refractivity contribution >= 4 is 75.8 Å². The van der Waals surface area contributed by atoms with Crippen molar-refractivity contribution in [3.05, 3.63) is 191 Å². The van der Waals surface area contributed by atoms with Crippen LogP contribution in [0.1, 0.15) is 37.7 Å². The van der Waals surface area contributed by atoms with Gasteiger partial charge in [0.1, 0.15) is 11.4 Å². The van der Waals surface area contributed by atoms with E-state index in [0.717, 1.165) is 32.9 Å². The van der Waals surface area contributed by atoms with Gasteiger partial charge in [0, 0.05) is 70.6 Å². The van der Waals surface area contributed by atoms with Gasteiger partial charge in [-0.2, -0.15) is 0 Å². The van der Waals surface area contributed by atoms with E-state index in [0.29, 0.717) is 28.0 Å². The summed E-state index contributed by atoms with van der Waals surface area (Å²) in [5, 5.41) is 17.4. The molecule has 0 aliphatic carbocycles. The average Bonchev–Trinajstić information content (AvgIpc) is 3.96. The first-order valence-corrected chi connectivity index (χ1v) is 22.7. The lowest BCUT2D eigenvalue weighted by molar-refractivity contribution is 0.0939. The van der Waals surface area contributed by atoms with Gasteiger partial charge in [-0.15, -0.1) is 0 Å². The van der Waals surface area contributed by atoms with Gasteiger partial charge in [-0.3, -0.25) is 29.0 Å². The van der Waals surface area contributed by atoms with Crippen LogP contribution in [0, 0.1) is 0 Å². The number of anilines is 2. The summed E-state index contributed by atoms with van der Waals surface area (Å²) < 4.78 is 60.9. The van der Waals surface area contributed by atoms with Crippen molar-refractivity contribution in [2.24, 2.45) is 0 Å². The molecule has 7 N–H and O–H groups in total. The van der Waals surface area contributed by atoms with Gasteiger partial charge in [0.25, 0.3) is 31.9 Å². The molecule has 0 aliphatic rings. The minimum Gasteiger partial charge on any atom is -0.431 e. The maximum Gasteiger partial charge on any atom is 0.343 e. The van der Waals surface area contributed by atoms with Gasteiger partial charge < -0.3 is 30.1 Å². The molecule has 0 radical (unpaired) electrons. The molecule has 0 bridgehead atoms. The Hall–Kier alpha value is -8.13. The lowest BCUT2D eigenvalue weighted by Gasteiger charge is -2.12. The summed E-state index contributed by atoms with van der Waals surface area (Å²) in [5.41, 5.74) is 4.50. The van der Waals surface area contributed by atoms with Gasteiger partial charge in [0.15, 0.2) is 0 Å². The van der Waals surface area contributed by atoms with Gasteiger partial charge >= 0.3 is 5.63 Å². The number of aromatic amines is 2. The number of fused-ring (bicyclic) bond motifs is 3. The monoisotopic (exact) mass is 910 g/mol. The van der Waals surface area contributed by atoms with Crippen molar-refractivity contribution in [2.45, 2.75) is 29.5 Å². The molecular formula is C46H38N8O9S2. The highest BCUT2D eigenvalue weighted by Crippen LogP contribution is 2.25. The molecule has 0 fully saturated rings. The van der Waals surface area contributed by atoms with Crippen LogP contribution in [0.5, 0.6) is 0 Å². The van der Waals surface area contributed by atoms with Crippen LogP contribution in [0.3, 0.4) is 0 Å². The quantitative estimate of drug-likeness (QED) is 0.0687. The zero-order chi connectivity index (χ0) is 45.6. The topological polar surface area (TPSA) is 258 Å². The number of para-hydroxylation sites is 1.